The first kappa shape index (κ1) is 15.7. The number of allylic oxidation sites excluding steroid dienone is 2. The number of methoxy groups -OCH3 is 1. The summed E-state index contributed by atoms with van der Waals surface area (Å²) in [6.45, 7) is 0.741. The molecule has 0 radical (unpaired) electrons. The Labute approximate surface area is 120 Å². The quantitative estimate of drug-likeness (QED) is 0.731. The Balaban J connectivity index is 2.17. The molecule has 116 valence electrons. The Hall–Kier alpha value is -1.73. The van der Waals surface area contributed by atoms with Crippen LogP contribution in [0.4, 0.5) is 8.78 Å². The summed E-state index contributed by atoms with van der Waals surface area (Å²) in [5.41, 5.74) is -0.0762. The number of carboxylic acids is 1. The number of halogens is 2. The van der Waals surface area contributed by atoms with Gasteiger partial charge in [-0.1, -0.05) is 6.08 Å². The summed E-state index contributed by atoms with van der Waals surface area (Å²) in [4.78, 5) is 11.1. The molecule has 7 heteroatoms. The largest absolute Gasteiger partial charge is 0.477 e. The highest BCUT2D eigenvalue weighted by Crippen LogP contribution is 2.35. The molecule has 0 aromatic rings. The number of carboxylic acid groups (broad SMARTS) is 1. The van der Waals surface area contributed by atoms with Crippen molar-refractivity contribution in [1.82, 2.24) is 5.32 Å². The third-order valence-electron chi connectivity index (χ3n) is 3.40. The number of nitrogens with one attached hydrogen (secondary N) is 1. The van der Waals surface area contributed by atoms with E-state index in [-0.39, 0.29) is 12.3 Å². The molecule has 3 atom stereocenters. The molecule has 1 aliphatic carbocycles. The molecule has 2 aliphatic rings. The van der Waals surface area contributed by atoms with Gasteiger partial charge in [0.25, 0.3) is 0 Å². The van der Waals surface area contributed by atoms with Crippen molar-refractivity contribution < 1.29 is 28.2 Å². The molecule has 3 unspecified atom stereocenters. The van der Waals surface area contributed by atoms with Gasteiger partial charge in [0.05, 0.1) is 18.1 Å². The maximum atomic E-state index is 14.0. The fraction of sp³-hybridized carbons (Fsp3) is 0.500. The number of hydrogen-bond donors (Lipinski definition) is 2. The first-order valence-electron chi connectivity index (χ1n) is 6.60. The molecule has 2 N–H and O–H groups in total. The summed E-state index contributed by atoms with van der Waals surface area (Å²) in [6, 6.07) is -0.645. The van der Waals surface area contributed by atoms with Crippen LogP contribution in [0.1, 0.15) is 6.42 Å². The van der Waals surface area contributed by atoms with Crippen LogP contribution in [-0.4, -0.2) is 43.5 Å². The topological polar surface area (TPSA) is 67.8 Å². The van der Waals surface area contributed by atoms with Crippen molar-refractivity contribution >= 4 is 5.97 Å². The number of rotatable bonds is 6. The normalized spacial score (nSPS) is 28.0. The van der Waals surface area contributed by atoms with Crippen molar-refractivity contribution in [2.45, 2.75) is 18.6 Å². The van der Waals surface area contributed by atoms with E-state index >= 15 is 0 Å². The van der Waals surface area contributed by atoms with Crippen LogP contribution in [0.3, 0.4) is 0 Å². The Kier molecular flexibility index (Phi) is 5.08. The maximum Gasteiger partial charge on any atom is 0.351 e. The van der Waals surface area contributed by atoms with Crippen molar-refractivity contribution in [1.29, 1.82) is 0 Å². The van der Waals surface area contributed by atoms with Gasteiger partial charge in [0.2, 0.25) is 0 Å². The summed E-state index contributed by atoms with van der Waals surface area (Å²) in [5.74, 6) is -3.94. The Morgan fingerprint density at radius 2 is 2.19 bits per heavy atom. The number of hydrogen-bond acceptors (Lipinski definition) is 4. The minimum Gasteiger partial charge on any atom is -0.477 e. The second kappa shape index (κ2) is 6.82. The predicted molar refractivity (Wildman–Crippen MR) is 70.7 cm³/mol. The van der Waals surface area contributed by atoms with E-state index in [9.17, 15) is 13.6 Å². The minimum absolute atomic E-state index is 0.0762. The third-order valence-corrected chi connectivity index (χ3v) is 3.40. The molecule has 21 heavy (non-hydrogen) atoms. The van der Waals surface area contributed by atoms with Gasteiger partial charge in [-0.15, -0.1) is 0 Å². The van der Waals surface area contributed by atoms with Crippen LogP contribution in [-0.2, 0) is 14.3 Å². The van der Waals surface area contributed by atoms with Gasteiger partial charge in [0, 0.05) is 20.3 Å². The second-order valence-corrected chi connectivity index (χ2v) is 4.82. The fourth-order valence-electron chi connectivity index (χ4n) is 2.39. The zero-order valence-corrected chi connectivity index (χ0v) is 11.5. The highest BCUT2D eigenvalue weighted by atomic mass is 19.2. The number of aliphatic carboxylic acids is 1. The van der Waals surface area contributed by atoms with Crippen LogP contribution in [0.5, 0.6) is 0 Å². The Morgan fingerprint density at radius 3 is 2.86 bits per heavy atom. The zero-order chi connectivity index (χ0) is 15.4. The van der Waals surface area contributed by atoms with Crippen LogP contribution >= 0.6 is 0 Å². The molecule has 0 aromatic carbocycles. The van der Waals surface area contributed by atoms with Crippen molar-refractivity contribution in [2.75, 3.05) is 20.3 Å². The van der Waals surface area contributed by atoms with E-state index in [1.54, 1.807) is 7.11 Å². The molecule has 0 fully saturated rings. The molecular weight excluding hydrogens is 284 g/mol. The lowest BCUT2D eigenvalue weighted by molar-refractivity contribution is -0.133. The van der Waals surface area contributed by atoms with Crippen LogP contribution in [0.25, 0.3) is 0 Å². The molecule has 0 aromatic heterocycles. The molecule has 0 saturated heterocycles. The van der Waals surface area contributed by atoms with Crippen LogP contribution in [0, 0.1) is 5.92 Å². The molecule has 0 saturated carbocycles. The van der Waals surface area contributed by atoms with Gasteiger partial charge in [-0.2, -0.15) is 0 Å². The summed E-state index contributed by atoms with van der Waals surface area (Å²) in [6.07, 6.45) is 3.43. The van der Waals surface area contributed by atoms with Crippen molar-refractivity contribution in [2.24, 2.45) is 5.92 Å². The highest BCUT2D eigenvalue weighted by Gasteiger charge is 2.40. The molecule has 1 aliphatic heterocycles. The summed E-state index contributed by atoms with van der Waals surface area (Å²) >= 11 is 0. The predicted octanol–water partition coefficient (Wildman–Crippen LogP) is 1.68. The number of carbonyl (C=O) groups is 1. The second-order valence-electron chi connectivity index (χ2n) is 4.82. The monoisotopic (exact) mass is 301 g/mol. The van der Waals surface area contributed by atoms with Crippen LogP contribution < -0.4 is 5.32 Å². The third kappa shape index (κ3) is 3.48. The van der Waals surface area contributed by atoms with Crippen LogP contribution in [0.2, 0.25) is 0 Å². The van der Waals surface area contributed by atoms with Gasteiger partial charge >= 0.3 is 5.97 Å². The molecular formula is C14H17F2NO4. The molecule has 5 nitrogen and oxygen atoms in total. The standard InChI is InChI=1S/C14H17F2NO4/c1-20-5-2-6-21-11-7-10(14(18)19)17-9-4-3-8(15)13(16)12(9)11/h3-4,7,9,11-12,17H,2,5-6H2,1H3,(H,18,19). The molecule has 0 amide bonds. The van der Waals surface area contributed by atoms with Crippen molar-refractivity contribution in [3.8, 4) is 0 Å². The maximum absolute atomic E-state index is 14.0. The average Bonchev–Trinajstić information content (AvgIpc) is 2.47. The SMILES string of the molecule is COCCCOC1C=C(C(=O)O)NC2C=CC(F)=C(F)C21. The number of fused-ring (bicyclic) bond motifs is 1. The van der Waals surface area contributed by atoms with E-state index in [1.807, 2.05) is 0 Å². The van der Waals surface area contributed by atoms with E-state index < -0.39 is 35.7 Å². The van der Waals surface area contributed by atoms with Crippen LogP contribution in [0.15, 0.2) is 35.6 Å². The minimum atomic E-state index is -1.16. The summed E-state index contributed by atoms with van der Waals surface area (Å²) in [7, 11) is 1.55. The molecule has 0 bridgehead atoms. The highest BCUT2D eigenvalue weighted by molar-refractivity contribution is 5.86. The Morgan fingerprint density at radius 1 is 1.43 bits per heavy atom. The average molecular weight is 301 g/mol. The lowest BCUT2D eigenvalue weighted by Gasteiger charge is -2.36. The molecule has 0 spiro atoms. The van der Waals surface area contributed by atoms with Gasteiger partial charge < -0.3 is 19.9 Å². The van der Waals surface area contributed by atoms with Gasteiger partial charge in [-0.05, 0) is 18.6 Å². The van der Waals surface area contributed by atoms with E-state index in [0.29, 0.717) is 13.0 Å². The molecule has 2 rings (SSSR count). The van der Waals surface area contributed by atoms with Gasteiger partial charge in [0.1, 0.15) is 11.5 Å². The van der Waals surface area contributed by atoms with Crippen molar-refractivity contribution in [3.63, 3.8) is 0 Å². The van der Waals surface area contributed by atoms with Gasteiger partial charge in [0.15, 0.2) is 5.83 Å². The van der Waals surface area contributed by atoms with E-state index in [4.69, 9.17) is 14.6 Å². The summed E-state index contributed by atoms with van der Waals surface area (Å²) in [5, 5.41) is 11.7. The first-order chi connectivity index (χ1) is 10.0. The molecule has 1 heterocycles. The van der Waals surface area contributed by atoms with Gasteiger partial charge in [-0.3, -0.25) is 0 Å². The van der Waals surface area contributed by atoms with E-state index in [2.05, 4.69) is 5.32 Å². The zero-order valence-electron chi connectivity index (χ0n) is 11.5. The van der Waals surface area contributed by atoms with Crippen molar-refractivity contribution in [3.05, 3.63) is 35.6 Å². The number of ether oxygens (including phenoxy) is 2. The summed E-state index contributed by atoms with van der Waals surface area (Å²) < 4.78 is 37.8. The smallest absolute Gasteiger partial charge is 0.351 e. The van der Waals surface area contributed by atoms with E-state index in [1.165, 1.54) is 12.2 Å². The Bertz CT molecular complexity index is 501. The van der Waals surface area contributed by atoms with Gasteiger partial charge in [-0.25, -0.2) is 13.6 Å². The lowest BCUT2D eigenvalue weighted by Crippen LogP contribution is -2.48. The fourth-order valence-corrected chi connectivity index (χ4v) is 2.39. The van der Waals surface area contributed by atoms with E-state index in [0.717, 1.165) is 6.08 Å². The first-order valence-corrected chi connectivity index (χ1v) is 6.60. The lowest BCUT2D eigenvalue weighted by atomic mass is 9.85.